The van der Waals surface area contributed by atoms with Crippen molar-refractivity contribution in [2.45, 2.75) is 32.7 Å². The summed E-state index contributed by atoms with van der Waals surface area (Å²) >= 11 is 0. The highest BCUT2D eigenvalue weighted by molar-refractivity contribution is 5.61. The van der Waals surface area contributed by atoms with Crippen molar-refractivity contribution in [2.24, 2.45) is 5.73 Å². The minimum absolute atomic E-state index is 0.339. The van der Waals surface area contributed by atoms with E-state index in [-0.39, 0.29) is 0 Å². The van der Waals surface area contributed by atoms with Crippen LogP contribution in [0.3, 0.4) is 0 Å². The fourth-order valence-electron chi connectivity index (χ4n) is 3.01. The fraction of sp³-hybridized carbons (Fsp3) is 0.412. The molecule has 2 N–H and O–H groups in total. The zero-order valence-electron chi connectivity index (χ0n) is 12.7. The Balaban J connectivity index is 1.93. The molecule has 1 aromatic heterocycles. The number of nitrogens with two attached hydrogens (primary N) is 1. The molecule has 4 heteroatoms. The van der Waals surface area contributed by atoms with Gasteiger partial charge in [0.2, 0.25) is 0 Å². The van der Waals surface area contributed by atoms with Crippen LogP contribution in [0.15, 0.2) is 30.3 Å². The Kier molecular flexibility index (Phi) is 3.88. The first-order valence-electron chi connectivity index (χ1n) is 7.56. The van der Waals surface area contributed by atoms with E-state index in [2.05, 4.69) is 18.7 Å². The molecular formula is C17H22N4. The van der Waals surface area contributed by atoms with Gasteiger partial charge in [-0.2, -0.15) is 0 Å². The van der Waals surface area contributed by atoms with Crippen molar-refractivity contribution in [3.8, 4) is 11.4 Å². The zero-order valence-corrected chi connectivity index (χ0v) is 12.7. The molecule has 2 heterocycles. The molecule has 0 radical (unpaired) electrons. The van der Waals surface area contributed by atoms with Crippen LogP contribution < -0.4 is 10.6 Å². The van der Waals surface area contributed by atoms with Crippen molar-refractivity contribution in [3.63, 3.8) is 0 Å². The lowest BCUT2D eigenvalue weighted by molar-refractivity contribution is 0.499. The molecule has 0 saturated carbocycles. The second kappa shape index (κ2) is 5.82. The number of aromatic nitrogens is 2. The van der Waals surface area contributed by atoms with Crippen LogP contribution >= 0.6 is 0 Å². The Morgan fingerprint density at radius 3 is 2.14 bits per heavy atom. The van der Waals surface area contributed by atoms with E-state index in [9.17, 15) is 0 Å². The number of hydrogen-bond donors (Lipinski definition) is 1. The Morgan fingerprint density at radius 1 is 1.00 bits per heavy atom. The molecular weight excluding hydrogens is 260 g/mol. The number of benzene rings is 1. The van der Waals surface area contributed by atoms with Gasteiger partial charge in [0.1, 0.15) is 0 Å². The first kappa shape index (κ1) is 14.0. The molecule has 1 aliphatic rings. The van der Waals surface area contributed by atoms with Gasteiger partial charge in [0.25, 0.3) is 0 Å². The second-order valence-corrected chi connectivity index (χ2v) is 5.76. The zero-order chi connectivity index (χ0) is 14.8. The summed E-state index contributed by atoms with van der Waals surface area (Å²) in [6, 6.07) is 10.5. The first-order chi connectivity index (χ1) is 10.1. The third-order valence-electron chi connectivity index (χ3n) is 4.12. The number of aryl methyl sites for hydroxylation is 2. The van der Waals surface area contributed by atoms with Gasteiger partial charge < -0.3 is 10.6 Å². The Labute approximate surface area is 126 Å². The predicted molar refractivity (Wildman–Crippen MR) is 86.4 cm³/mol. The predicted octanol–water partition coefficient (Wildman–Crippen LogP) is 2.69. The molecule has 2 aromatic rings. The van der Waals surface area contributed by atoms with E-state index in [0.29, 0.717) is 6.04 Å². The van der Waals surface area contributed by atoms with Gasteiger partial charge in [-0.1, -0.05) is 30.3 Å². The van der Waals surface area contributed by atoms with Gasteiger partial charge in [0, 0.05) is 24.7 Å². The van der Waals surface area contributed by atoms with Crippen LogP contribution in [0.2, 0.25) is 0 Å². The van der Waals surface area contributed by atoms with Crippen LogP contribution in [0.1, 0.15) is 24.2 Å². The molecule has 0 spiro atoms. The summed E-state index contributed by atoms with van der Waals surface area (Å²) in [6.07, 6.45) is 2.08. The molecule has 1 aromatic carbocycles. The maximum Gasteiger partial charge on any atom is 0.159 e. The second-order valence-electron chi connectivity index (χ2n) is 5.76. The fourth-order valence-corrected chi connectivity index (χ4v) is 3.01. The third-order valence-corrected chi connectivity index (χ3v) is 4.12. The summed E-state index contributed by atoms with van der Waals surface area (Å²) in [6.45, 7) is 6.14. The smallest absolute Gasteiger partial charge is 0.159 e. The molecule has 0 aliphatic carbocycles. The maximum atomic E-state index is 5.99. The summed E-state index contributed by atoms with van der Waals surface area (Å²) in [5, 5.41) is 0. The lowest BCUT2D eigenvalue weighted by Crippen LogP contribution is -2.40. The van der Waals surface area contributed by atoms with Gasteiger partial charge in [-0.15, -0.1) is 0 Å². The molecule has 0 atom stereocenters. The van der Waals surface area contributed by atoms with Gasteiger partial charge in [0.05, 0.1) is 17.1 Å². The number of nitrogens with zero attached hydrogens (tertiary/aromatic N) is 3. The van der Waals surface area contributed by atoms with Crippen LogP contribution in [-0.4, -0.2) is 29.1 Å². The molecule has 0 amide bonds. The van der Waals surface area contributed by atoms with Crippen molar-refractivity contribution in [2.75, 3.05) is 18.0 Å². The van der Waals surface area contributed by atoms with E-state index in [1.165, 1.54) is 5.69 Å². The number of rotatable bonds is 2. The number of anilines is 1. The van der Waals surface area contributed by atoms with Crippen molar-refractivity contribution in [1.82, 2.24) is 9.97 Å². The average Bonchev–Trinajstić information content (AvgIpc) is 2.49. The molecule has 1 saturated heterocycles. The van der Waals surface area contributed by atoms with E-state index in [1.807, 2.05) is 30.3 Å². The maximum absolute atomic E-state index is 5.99. The summed E-state index contributed by atoms with van der Waals surface area (Å²) in [5.74, 6) is 0.808. The van der Waals surface area contributed by atoms with Crippen molar-refractivity contribution in [1.29, 1.82) is 0 Å². The normalized spacial score (nSPS) is 16.2. The van der Waals surface area contributed by atoms with Crippen molar-refractivity contribution in [3.05, 3.63) is 41.7 Å². The lowest BCUT2D eigenvalue weighted by atomic mass is 10.0. The Morgan fingerprint density at radius 2 is 1.57 bits per heavy atom. The SMILES string of the molecule is Cc1nc(-c2ccccc2)nc(C)c1N1CCC(N)CC1. The number of hydrogen-bond acceptors (Lipinski definition) is 4. The van der Waals surface area contributed by atoms with E-state index in [4.69, 9.17) is 15.7 Å². The van der Waals surface area contributed by atoms with Crippen LogP contribution in [0, 0.1) is 13.8 Å². The molecule has 3 rings (SSSR count). The van der Waals surface area contributed by atoms with E-state index in [1.54, 1.807) is 0 Å². The first-order valence-corrected chi connectivity index (χ1v) is 7.56. The van der Waals surface area contributed by atoms with Gasteiger partial charge >= 0.3 is 0 Å². The molecule has 0 unspecified atom stereocenters. The minimum atomic E-state index is 0.339. The monoisotopic (exact) mass is 282 g/mol. The minimum Gasteiger partial charge on any atom is -0.368 e. The lowest BCUT2D eigenvalue weighted by Gasteiger charge is -2.33. The molecule has 21 heavy (non-hydrogen) atoms. The summed E-state index contributed by atoms with van der Waals surface area (Å²) in [7, 11) is 0. The molecule has 4 nitrogen and oxygen atoms in total. The Bertz CT molecular complexity index is 593. The van der Waals surface area contributed by atoms with Crippen LogP contribution in [0.25, 0.3) is 11.4 Å². The van der Waals surface area contributed by atoms with Crippen molar-refractivity contribution >= 4 is 5.69 Å². The van der Waals surface area contributed by atoms with E-state index >= 15 is 0 Å². The third kappa shape index (κ3) is 2.90. The highest BCUT2D eigenvalue weighted by atomic mass is 15.2. The molecule has 1 aliphatic heterocycles. The number of piperidine rings is 1. The van der Waals surface area contributed by atoms with Crippen LogP contribution in [0.5, 0.6) is 0 Å². The van der Waals surface area contributed by atoms with E-state index < -0.39 is 0 Å². The standard InChI is InChI=1S/C17H22N4/c1-12-16(21-10-8-15(18)9-11-21)13(2)20-17(19-12)14-6-4-3-5-7-14/h3-7,15H,8-11,18H2,1-2H3. The van der Waals surface area contributed by atoms with E-state index in [0.717, 1.165) is 48.7 Å². The molecule has 0 bridgehead atoms. The molecule has 1 fully saturated rings. The summed E-state index contributed by atoms with van der Waals surface area (Å²) in [5.41, 5.74) is 10.3. The van der Waals surface area contributed by atoms with Gasteiger partial charge in [-0.3, -0.25) is 0 Å². The quantitative estimate of drug-likeness (QED) is 0.920. The van der Waals surface area contributed by atoms with Crippen molar-refractivity contribution < 1.29 is 0 Å². The van der Waals surface area contributed by atoms with Crippen LogP contribution in [-0.2, 0) is 0 Å². The molecule has 110 valence electrons. The van der Waals surface area contributed by atoms with Crippen LogP contribution in [0.4, 0.5) is 5.69 Å². The largest absolute Gasteiger partial charge is 0.368 e. The topological polar surface area (TPSA) is 55.0 Å². The summed E-state index contributed by atoms with van der Waals surface area (Å²) in [4.78, 5) is 11.8. The Hall–Kier alpha value is -1.94. The highest BCUT2D eigenvalue weighted by Crippen LogP contribution is 2.27. The summed E-state index contributed by atoms with van der Waals surface area (Å²) < 4.78 is 0. The van der Waals surface area contributed by atoms with Gasteiger partial charge in [-0.05, 0) is 26.7 Å². The average molecular weight is 282 g/mol. The van der Waals surface area contributed by atoms with Gasteiger partial charge in [-0.25, -0.2) is 9.97 Å². The van der Waals surface area contributed by atoms with Gasteiger partial charge in [0.15, 0.2) is 5.82 Å². The highest BCUT2D eigenvalue weighted by Gasteiger charge is 2.21.